The van der Waals surface area contributed by atoms with Gasteiger partial charge in [-0.2, -0.15) is 0 Å². The predicted octanol–water partition coefficient (Wildman–Crippen LogP) is 3.29. The number of alkyl halides is 1. The summed E-state index contributed by atoms with van der Waals surface area (Å²) in [5.74, 6) is 0.226. The molecule has 0 aliphatic heterocycles. The number of hydrogen-bond acceptors (Lipinski definition) is 3. The summed E-state index contributed by atoms with van der Waals surface area (Å²) in [5, 5.41) is 12.7. The van der Waals surface area contributed by atoms with Gasteiger partial charge in [0.1, 0.15) is 0 Å². The lowest BCUT2D eigenvalue weighted by atomic mass is 10.1. The molecular formula is C18H20ClN3O. The number of fused-ring (bicyclic) bond motifs is 1. The lowest BCUT2D eigenvalue weighted by molar-refractivity contribution is 0.211. The van der Waals surface area contributed by atoms with Crippen molar-refractivity contribution in [3.05, 3.63) is 60.4 Å². The Morgan fingerprint density at radius 3 is 2.78 bits per heavy atom. The quantitative estimate of drug-likeness (QED) is 0.654. The Morgan fingerprint density at radius 1 is 1.17 bits per heavy atom. The Balaban J connectivity index is 1.68. The lowest BCUT2D eigenvalue weighted by Crippen LogP contribution is -2.20. The van der Waals surface area contributed by atoms with Crippen LogP contribution >= 0.6 is 11.6 Å². The van der Waals surface area contributed by atoms with Crippen LogP contribution in [0.25, 0.3) is 11.0 Å². The van der Waals surface area contributed by atoms with Crippen molar-refractivity contribution in [3.8, 4) is 0 Å². The van der Waals surface area contributed by atoms with Crippen LogP contribution in [-0.4, -0.2) is 33.2 Å². The molecule has 0 spiro atoms. The SMILES string of the molecule is OC(CCl)CNc1ccc2c(c1)ncn2CCc1ccccc1. The van der Waals surface area contributed by atoms with Gasteiger partial charge in [0.25, 0.3) is 0 Å². The minimum Gasteiger partial charge on any atom is -0.390 e. The summed E-state index contributed by atoms with van der Waals surface area (Å²) in [7, 11) is 0. The fraction of sp³-hybridized carbons (Fsp3) is 0.278. The van der Waals surface area contributed by atoms with Crippen molar-refractivity contribution in [2.75, 3.05) is 17.7 Å². The minimum atomic E-state index is -0.546. The van der Waals surface area contributed by atoms with Gasteiger partial charge >= 0.3 is 0 Å². The molecule has 1 atom stereocenters. The standard InChI is InChI=1S/C18H20ClN3O/c19-11-16(23)12-20-15-6-7-18-17(10-15)21-13-22(18)9-8-14-4-2-1-3-5-14/h1-7,10,13,16,20,23H,8-9,11-12H2. The molecule has 120 valence electrons. The van der Waals surface area contributed by atoms with E-state index in [9.17, 15) is 5.11 Å². The van der Waals surface area contributed by atoms with Gasteiger partial charge in [-0.1, -0.05) is 30.3 Å². The van der Waals surface area contributed by atoms with Gasteiger partial charge in [-0.25, -0.2) is 4.98 Å². The van der Waals surface area contributed by atoms with E-state index in [1.165, 1.54) is 5.56 Å². The van der Waals surface area contributed by atoms with Gasteiger partial charge in [0.05, 0.1) is 29.3 Å². The topological polar surface area (TPSA) is 50.1 Å². The molecule has 0 aliphatic rings. The summed E-state index contributed by atoms with van der Waals surface area (Å²) < 4.78 is 2.17. The monoisotopic (exact) mass is 329 g/mol. The third-order valence-electron chi connectivity index (χ3n) is 3.83. The van der Waals surface area contributed by atoms with Crippen molar-refractivity contribution >= 4 is 28.3 Å². The molecule has 23 heavy (non-hydrogen) atoms. The van der Waals surface area contributed by atoms with Crippen molar-refractivity contribution in [3.63, 3.8) is 0 Å². The van der Waals surface area contributed by atoms with Gasteiger partial charge in [-0.15, -0.1) is 11.6 Å². The molecule has 1 unspecified atom stereocenters. The number of aromatic nitrogens is 2. The van der Waals surface area contributed by atoms with Gasteiger partial charge in [0, 0.05) is 18.8 Å². The van der Waals surface area contributed by atoms with Crippen molar-refractivity contribution in [2.24, 2.45) is 0 Å². The van der Waals surface area contributed by atoms with Crippen LogP contribution in [-0.2, 0) is 13.0 Å². The first kappa shape index (κ1) is 15.8. The minimum absolute atomic E-state index is 0.226. The molecule has 0 fully saturated rings. The summed E-state index contributed by atoms with van der Waals surface area (Å²) in [4.78, 5) is 4.47. The van der Waals surface area contributed by atoms with Crippen molar-refractivity contribution in [1.29, 1.82) is 0 Å². The molecule has 0 aliphatic carbocycles. The molecule has 0 radical (unpaired) electrons. The predicted molar refractivity (Wildman–Crippen MR) is 95.1 cm³/mol. The van der Waals surface area contributed by atoms with Crippen LogP contribution in [0, 0.1) is 0 Å². The maximum absolute atomic E-state index is 9.50. The van der Waals surface area contributed by atoms with Crippen LogP contribution in [0.2, 0.25) is 0 Å². The zero-order valence-electron chi connectivity index (χ0n) is 12.8. The molecule has 1 aromatic heterocycles. The van der Waals surface area contributed by atoms with E-state index in [-0.39, 0.29) is 5.88 Å². The Morgan fingerprint density at radius 2 is 2.00 bits per heavy atom. The van der Waals surface area contributed by atoms with Gasteiger partial charge in [-0.05, 0) is 30.2 Å². The third kappa shape index (κ3) is 4.03. The number of nitrogens with one attached hydrogen (secondary N) is 1. The van der Waals surface area contributed by atoms with E-state index in [1.807, 2.05) is 24.5 Å². The highest BCUT2D eigenvalue weighted by molar-refractivity contribution is 6.18. The van der Waals surface area contributed by atoms with Crippen LogP contribution in [0.3, 0.4) is 0 Å². The van der Waals surface area contributed by atoms with Crippen molar-refractivity contribution < 1.29 is 5.11 Å². The molecule has 1 heterocycles. The Hall–Kier alpha value is -2.04. The number of benzene rings is 2. The number of halogens is 1. The maximum atomic E-state index is 9.50. The molecule has 2 N–H and O–H groups in total. The van der Waals surface area contributed by atoms with E-state index in [1.54, 1.807) is 0 Å². The first-order valence-corrected chi connectivity index (χ1v) is 8.26. The highest BCUT2D eigenvalue weighted by atomic mass is 35.5. The summed E-state index contributed by atoms with van der Waals surface area (Å²) in [6, 6.07) is 16.5. The second kappa shape index (κ2) is 7.49. The molecule has 3 aromatic rings. The number of nitrogens with zero attached hydrogens (tertiary/aromatic N) is 2. The molecule has 0 bridgehead atoms. The highest BCUT2D eigenvalue weighted by Crippen LogP contribution is 2.19. The van der Waals surface area contributed by atoms with E-state index in [2.05, 4.69) is 45.2 Å². The number of aliphatic hydroxyl groups excluding tert-OH is 1. The fourth-order valence-corrected chi connectivity index (χ4v) is 2.65. The molecule has 5 heteroatoms. The van der Waals surface area contributed by atoms with E-state index in [4.69, 9.17) is 11.6 Å². The zero-order valence-corrected chi connectivity index (χ0v) is 13.6. The Kier molecular flexibility index (Phi) is 5.16. The van der Waals surface area contributed by atoms with Crippen LogP contribution in [0.5, 0.6) is 0 Å². The van der Waals surface area contributed by atoms with Crippen molar-refractivity contribution in [1.82, 2.24) is 9.55 Å². The lowest BCUT2D eigenvalue weighted by Gasteiger charge is -2.10. The number of hydrogen-bond donors (Lipinski definition) is 2. The molecule has 4 nitrogen and oxygen atoms in total. The van der Waals surface area contributed by atoms with E-state index < -0.39 is 6.10 Å². The second-order valence-electron chi connectivity index (χ2n) is 5.57. The normalized spacial score (nSPS) is 12.4. The Labute approximate surface area is 140 Å². The van der Waals surface area contributed by atoms with Crippen LogP contribution in [0.4, 0.5) is 5.69 Å². The van der Waals surface area contributed by atoms with Crippen LogP contribution in [0.15, 0.2) is 54.9 Å². The van der Waals surface area contributed by atoms with Gasteiger partial charge in [0.2, 0.25) is 0 Å². The fourth-order valence-electron chi connectivity index (χ4n) is 2.54. The molecule has 0 saturated carbocycles. The largest absolute Gasteiger partial charge is 0.390 e. The second-order valence-corrected chi connectivity index (χ2v) is 5.87. The van der Waals surface area contributed by atoms with E-state index in [0.717, 1.165) is 29.7 Å². The molecule has 0 saturated heterocycles. The van der Waals surface area contributed by atoms with Gasteiger partial charge < -0.3 is 15.0 Å². The van der Waals surface area contributed by atoms with Crippen LogP contribution in [0.1, 0.15) is 5.56 Å². The first-order valence-electron chi connectivity index (χ1n) is 7.73. The number of aliphatic hydroxyl groups is 1. The zero-order chi connectivity index (χ0) is 16.1. The van der Waals surface area contributed by atoms with E-state index in [0.29, 0.717) is 6.54 Å². The first-order chi connectivity index (χ1) is 11.3. The molecule has 2 aromatic carbocycles. The number of imidazole rings is 1. The summed E-state index contributed by atoms with van der Waals surface area (Å²) in [6.07, 6.45) is 2.31. The average Bonchev–Trinajstić information content (AvgIpc) is 3.01. The Bertz CT molecular complexity index is 757. The number of rotatable bonds is 7. The molecule has 3 rings (SSSR count). The van der Waals surface area contributed by atoms with Gasteiger partial charge in [-0.3, -0.25) is 0 Å². The van der Waals surface area contributed by atoms with Gasteiger partial charge in [0.15, 0.2) is 0 Å². The van der Waals surface area contributed by atoms with Crippen molar-refractivity contribution in [2.45, 2.75) is 19.1 Å². The summed E-state index contributed by atoms with van der Waals surface area (Å²) in [6.45, 7) is 1.34. The summed E-state index contributed by atoms with van der Waals surface area (Å²) >= 11 is 5.60. The third-order valence-corrected chi connectivity index (χ3v) is 4.18. The highest BCUT2D eigenvalue weighted by Gasteiger charge is 2.06. The average molecular weight is 330 g/mol. The number of aryl methyl sites for hydroxylation is 2. The molecule has 0 amide bonds. The number of anilines is 1. The molecular weight excluding hydrogens is 310 g/mol. The van der Waals surface area contributed by atoms with Crippen LogP contribution < -0.4 is 5.32 Å². The smallest absolute Gasteiger partial charge is 0.0958 e. The summed E-state index contributed by atoms with van der Waals surface area (Å²) in [5.41, 5.74) is 4.32. The van der Waals surface area contributed by atoms with E-state index >= 15 is 0 Å². The maximum Gasteiger partial charge on any atom is 0.0958 e.